The van der Waals surface area contributed by atoms with Gasteiger partial charge in [-0.2, -0.15) is 0 Å². The SMILES string of the molecule is COC(=O)c1cccc(-c2nc3ccccc3[nH]2)n1. The third-order valence-electron chi connectivity index (χ3n) is 2.78. The van der Waals surface area contributed by atoms with Crippen LogP contribution in [0.5, 0.6) is 0 Å². The molecule has 0 amide bonds. The van der Waals surface area contributed by atoms with E-state index in [1.807, 2.05) is 24.3 Å². The number of aromatic amines is 1. The molecule has 1 N–H and O–H groups in total. The Morgan fingerprint density at radius 1 is 1.11 bits per heavy atom. The molecule has 0 bridgehead atoms. The van der Waals surface area contributed by atoms with E-state index in [-0.39, 0.29) is 5.69 Å². The van der Waals surface area contributed by atoms with Crippen molar-refractivity contribution in [2.75, 3.05) is 7.11 Å². The quantitative estimate of drug-likeness (QED) is 0.712. The normalized spacial score (nSPS) is 10.6. The van der Waals surface area contributed by atoms with Gasteiger partial charge in [0.05, 0.1) is 18.1 Å². The predicted molar refractivity (Wildman–Crippen MR) is 70.7 cm³/mol. The minimum absolute atomic E-state index is 0.264. The summed E-state index contributed by atoms with van der Waals surface area (Å²) in [4.78, 5) is 23.3. The van der Waals surface area contributed by atoms with Crippen LogP contribution >= 0.6 is 0 Å². The molecule has 0 saturated carbocycles. The van der Waals surface area contributed by atoms with Crippen LogP contribution in [0.2, 0.25) is 0 Å². The molecule has 0 fully saturated rings. The van der Waals surface area contributed by atoms with Gasteiger partial charge in [-0.25, -0.2) is 14.8 Å². The van der Waals surface area contributed by atoms with E-state index in [0.717, 1.165) is 11.0 Å². The minimum atomic E-state index is -0.460. The number of carbonyl (C=O) groups excluding carboxylic acids is 1. The second-order valence-electron chi connectivity index (χ2n) is 4.00. The number of esters is 1. The molecule has 2 heterocycles. The van der Waals surface area contributed by atoms with Crippen LogP contribution < -0.4 is 0 Å². The second kappa shape index (κ2) is 4.53. The summed E-state index contributed by atoms with van der Waals surface area (Å²) in [6.45, 7) is 0. The Morgan fingerprint density at radius 3 is 2.74 bits per heavy atom. The molecule has 1 aromatic carbocycles. The molecule has 0 aliphatic heterocycles. The third-order valence-corrected chi connectivity index (χ3v) is 2.78. The molecule has 94 valence electrons. The van der Waals surface area contributed by atoms with E-state index in [9.17, 15) is 4.79 Å². The van der Waals surface area contributed by atoms with E-state index in [1.165, 1.54) is 7.11 Å². The Kier molecular flexibility index (Phi) is 2.72. The highest BCUT2D eigenvalue weighted by Crippen LogP contribution is 2.18. The first-order valence-corrected chi connectivity index (χ1v) is 5.78. The van der Waals surface area contributed by atoms with Crippen LogP contribution in [0, 0.1) is 0 Å². The zero-order valence-electron chi connectivity index (χ0n) is 10.3. The maximum atomic E-state index is 11.5. The number of hydrogen-bond acceptors (Lipinski definition) is 4. The van der Waals surface area contributed by atoms with E-state index >= 15 is 0 Å². The number of nitrogens with one attached hydrogen (secondary N) is 1. The molecule has 0 atom stereocenters. The number of methoxy groups -OCH3 is 1. The summed E-state index contributed by atoms with van der Waals surface area (Å²) >= 11 is 0. The monoisotopic (exact) mass is 253 g/mol. The van der Waals surface area contributed by atoms with Crippen molar-refractivity contribution >= 4 is 17.0 Å². The zero-order chi connectivity index (χ0) is 13.2. The van der Waals surface area contributed by atoms with Gasteiger partial charge in [-0.05, 0) is 24.3 Å². The molecule has 0 radical (unpaired) electrons. The predicted octanol–water partition coefficient (Wildman–Crippen LogP) is 2.41. The summed E-state index contributed by atoms with van der Waals surface area (Å²) in [7, 11) is 1.33. The van der Waals surface area contributed by atoms with Gasteiger partial charge < -0.3 is 9.72 Å². The molecule has 5 nitrogen and oxygen atoms in total. The van der Waals surface area contributed by atoms with Crippen LogP contribution in [0.15, 0.2) is 42.5 Å². The van der Waals surface area contributed by atoms with Gasteiger partial charge in [0.2, 0.25) is 0 Å². The highest BCUT2D eigenvalue weighted by atomic mass is 16.5. The van der Waals surface area contributed by atoms with Crippen molar-refractivity contribution in [3.63, 3.8) is 0 Å². The van der Waals surface area contributed by atoms with Gasteiger partial charge in [0.15, 0.2) is 5.82 Å². The lowest BCUT2D eigenvalue weighted by atomic mass is 10.3. The smallest absolute Gasteiger partial charge is 0.356 e. The van der Waals surface area contributed by atoms with Crippen molar-refractivity contribution in [3.8, 4) is 11.5 Å². The van der Waals surface area contributed by atoms with Crippen molar-refractivity contribution in [2.45, 2.75) is 0 Å². The summed E-state index contributed by atoms with van der Waals surface area (Å²) in [5.74, 6) is 0.171. The van der Waals surface area contributed by atoms with E-state index in [2.05, 4.69) is 19.7 Å². The van der Waals surface area contributed by atoms with Gasteiger partial charge in [-0.1, -0.05) is 18.2 Å². The molecule has 0 spiro atoms. The van der Waals surface area contributed by atoms with E-state index in [1.54, 1.807) is 18.2 Å². The van der Waals surface area contributed by atoms with E-state index in [0.29, 0.717) is 11.5 Å². The van der Waals surface area contributed by atoms with Gasteiger partial charge in [-0.3, -0.25) is 0 Å². The minimum Gasteiger partial charge on any atom is -0.464 e. The number of imidazole rings is 1. The van der Waals surface area contributed by atoms with Gasteiger partial charge in [0.1, 0.15) is 11.4 Å². The zero-order valence-corrected chi connectivity index (χ0v) is 10.3. The number of para-hydroxylation sites is 2. The molecular weight excluding hydrogens is 242 g/mol. The highest BCUT2D eigenvalue weighted by molar-refractivity contribution is 5.88. The molecule has 3 rings (SSSR count). The van der Waals surface area contributed by atoms with Crippen LogP contribution in [0.25, 0.3) is 22.6 Å². The van der Waals surface area contributed by atoms with Crippen LogP contribution in [-0.4, -0.2) is 28.0 Å². The molecule has 2 aromatic heterocycles. The summed E-state index contributed by atoms with van der Waals surface area (Å²) < 4.78 is 4.65. The Hall–Kier alpha value is -2.69. The Balaban J connectivity index is 2.08. The number of fused-ring (bicyclic) bond motifs is 1. The molecule has 0 aliphatic rings. The van der Waals surface area contributed by atoms with E-state index in [4.69, 9.17) is 0 Å². The summed E-state index contributed by atoms with van der Waals surface area (Å²) in [6.07, 6.45) is 0. The van der Waals surface area contributed by atoms with E-state index < -0.39 is 5.97 Å². The van der Waals surface area contributed by atoms with Crippen molar-refractivity contribution in [2.24, 2.45) is 0 Å². The summed E-state index contributed by atoms with van der Waals surface area (Å²) in [5, 5.41) is 0. The molecule has 19 heavy (non-hydrogen) atoms. The van der Waals surface area contributed by atoms with Crippen LogP contribution in [0.4, 0.5) is 0 Å². The first kappa shape index (κ1) is 11.4. The lowest BCUT2D eigenvalue weighted by Gasteiger charge is -2.00. The number of ether oxygens (including phenoxy) is 1. The number of benzene rings is 1. The Bertz CT molecular complexity index is 716. The van der Waals surface area contributed by atoms with Gasteiger partial charge in [0.25, 0.3) is 0 Å². The fraction of sp³-hybridized carbons (Fsp3) is 0.0714. The topological polar surface area (TPSA) is 67.9 Å². The van der Waals surface area contributed by atoms with Crippen LogP contribution in [0.1, 0.15) is 10.5 Å². The molecule has 5 heteroatoms. The number of aromatic nitrogens is 3. The van der Waals surface area contributed by atoms with Crippen molar-refractivity contribution in [1.82, 2.24) is 15.0 Å². The Morgan fingerprint density at radius 2 is 1.95 bits per heavy atom. The van der Waals surface area contributed by atoms with Crippen molar-refractivity contribution in [3.05, 3.63) is 48.2 Å². The number of carbonyl (C=O) groups is 1. The summed E-state index contributed by atoms with van der Waals surface area (Å²) in [6, 6.07) is 12.9. The molecular formula is C14H11N3O2. The lowest BCUT2D eigenvalue weighted by Crippen LogP contribution is -2.04. The molecule has 0 saturated heterocycles. The van der Waals surface area contributed by atoms with Crippen molar-refractivity contribution < 1.29 is 9.53 Å². The number of pyridine rings is 1. The molecule has 0 aliphatic carbocycles. The number of nitrogens with zero attached hydrogens (tertiary/aromatic N) is 2. The average Bonchev–Trinajstić information content (AvgIpc) is 2.90. The first-order valence-electron chi connectivity index (χ1n) is 5.78. The number of H-pyrrole nitrogens is 1. The number of hydrogen-bond donors (Lipinski definition) is 1. The fourth-order valence-electron chi connectivity index (χ4n) is 1.86. The standard InChI is InChI=1S/C14H11N3O2/c1-19-14(18)12-8-4-7-11(15-12)13-16-9-5-2-3-6-10(9)17-13/h2-8H,1H3,(H,16,17). The highest BCUT2D eigenvalue weighted by Gasteiger charge is 2.11. The largest absolute Gasteiger partial charge is 0.464 e. The number of rotatable bonds is 2. The summed E-state index contributed by atoms with van der Waals surface area (Å²) in [5.41, 5.74) is 2.67. The average molecular weight is 253 g/mol. The molecule has 0 unspecified atom stereocenters. The fourth-order valence-corrected chi connectivity index (χ4v) is 1.86. The van der Waals surface area contributed by atoms with Gasteiger partial charge >= 0.3 is 5.97 Å². The molecule has 3 aromatic rings. The maximum Gasteiger partial charge on any atom is 0.356 e. The first-order chi connectivity index (χ1) is 9.28. The lowest BCUT2D eigenvalue weighted by molar-refractivity contribution is 0.0594. The van der Waals surface area contributed by atoms with Crippen LogP contribution in [0.3, 0.4) is 0 Å². The van der Waals surface area contributed by atoms with Crippen molar-refractivity contribution in [1.29, 1.82) is 0 Å². The van der Waals surface area contributed by atoms with Crippen LogP contribution in [-0.2, 0) is 4.74 Å². The van der Waals surface area contributed by atoms with Gasteiger partial charge in [0, 0.05) is 0 Å². The van der Waals surface area contributed by atoms with Gasteiger partial charge in [-0.15, -0.1) is 0 Å². The third kappa shape index (κ3) is 2.06. The second-order valence-corrected chi connectivity index (χ2v) is 4.00. The Labute approximate surface area is 109 Å². The maximum absolute atomic E-state index is 11.5.